The van der Waals surface area contributed by atoms with E-state index in [9.17, 15) is 9.90 Å². The van der Waals surface area contributed by atoms with Gasteiger partial charge in [0.2, 0.25) is 0 Å². The minimum Gasteiger partial charge on any atom is -0.508 e. The second-order valence-corrected chi connectivity index (χ2v) is 6.41. The Balaban J connectivity index is 1.91. The van der Waals surface area contributed by atoms with Crippen LogP contribution in [0.15, 0.2) is 42.5 Å². The number of anilines is 1. The molecule has 1 atom stereocenters. The van der Waals surface area contributed by atoms with Gasteiger partial charge in [-0.05, 0) is 68.5 Å². The maximum atomic E-state index is 12.5. The Morgan fingerprint density at radius 3 is 2.50 bits per heavy atom. The molecule has 4 nitrogen and oxygen atoms in total. The van der Waals surface area contributed by atoms with Crippen molar-refractivity contribution in [1.82, 2.24) is 4.90 Å². The molecule has 0 bridgehead atoms. The van der Waals surface area contributed by atoms with Crippen molar-refractivity contribution in [3.05, 3.63) is 59.2 Å². The van der Waals surface area contributed by atoms with Crippen LogP contribution in [0.5, 0.6) is 5.75 Å². The maximum absolute atomic E-state index is 12.5. The number of aryl methyl sites for hydroxylation is 3. The van der Waals surface area contributed by atoms with Crippen LogP contribution in [0.3, 0.4) is 0 Å². The van der Waals surface area contributed by atoms with Crippen LogP contribution in [0.2, 0.25) is 0 Å². The fraction of sp³-hybridized carbons (Fsp3) is 0.350. The number of carbonyl (C=O) groups is 1. The van der Waals surface area contributed by atoms with Crippen molar-refractivity contribution in [2.75, 3.05) is 12.4 Å². The van der Waals surface area contributed by atoms with Gasteiger partial charge in [-0.2, -0.15) is 0 Å². The molecule has 4 heteroatoms. The Kier molecular flexibility index (Phi) is 5.85. The molecular weight excluding hydrogens is 300 g/mol. The molecule has 1 unspecified atom stereocenters. The third-order valence-electron chi connectivity index (χ3n) is 4.40. The first kappa shape index (κ1) is 17.9. The largest absolute Gasteiger partial charge is 0.508 e. The Morgan fingerprint density at radius 1 is 1.17 bits per heavy atom. The maximum Gasteiger partial charge on any atom is 0.321 e. The second kappa shape index (κ2) is 7.86. The van der Waals surface area contributed by atoms with Gasteiger partial charge in [0.1, 0.15) is 5.75 Å². The lowest BCUT2D eigenvalue weighted by atomic mass is 10.1. The van der Waals surface area contributed by atoms with Crippen LogP contribution in [-0.4, -0.2) is 29.1 Å². The van der Waals surface area contributed by atoms with Crippen molar-refractivity contribution < 1.29 is 9.90 Å². The number of phenolic OH excluding ortho intramolecular Hbond substituents is 1. The highest BCUT2D eigenvalue weighted by molar-refractivity contribution is 5.90. The number of rotatable bonds is 5. The standard InChI is InChI=1S/C20H26N2O2/c1-14-5-6-15(2)19(13-14)21-20(24)22(4)16(3)7-8-17-9-11-18(23)12-10-17/h5-6,9-13,16,23H,7-8H2,1-4H3,(H,21,24). The van der Waals surface area contributed by atoms with Gasteiger partial charge in [0.15, 0.2) is 0 Å². The van der Waals surface area contributed by atoms with Gasteiger partial charge in [0.25, 0.3) is 0 Å². The quantitative estimate of drug-likeness (QED) is 0.850. The van der Waals surface area contributed by atoms with E-state index in [1.165, 1.54) is 0 Å². The SMILES string of the molecule is Cc1ccc(C)c(NC(=O)N(C)C(C)CCc2ccc(O)cc2)c1. The summed E-state index contributed by atoms with van der Waals surface area (Å²) in [5, 5.41) is 12.3. The number of nitrogens with zero attached hydrogens (tertiary/aromatic N) is 1. The van der Waals surface area contributed by atoms with Gasteiger partial charge < -0.3 is 15.3 Å². The number of phenols is 1. The average molecular weight is 326 g/mol. The molecule has 0 radical (unpaired) electrons. The van der Waals surface area contributed by atoms with Crippen molar-refractivity contribution in [1.29, 1.82) is 0 Å². The van der Waals surface area contributed by atoms with E-state index in [4.69, 9.17) is 0 Å². The summed E-state index contributed by atoms with van der Waals surface area (Å²) in [6.07, 6.45) is 1.73. The number of benzene rings is 2. The summed E-state index contributed by atoms with van der Waals surface area (Å²) >= 11 is 0. The lowest BCUT2D eigenvalue weighted by molar-refractivity contribution is 0.205. The molecule has 2 aromatic rings. The molecule has 0 fully saturated rings. The molecule has 2 rings (SSSR count). The highest BCUT2D eigenvalue weighted by Crippen LogP contribution is 2.18. The monoisotopic (exact) mass is 326 g/mol. The molecule has 128 valence electrons. The van der Waals surface area contributed by atoms with Crippen LogP contribution in [-0.2, 0) is 6.42 Å². The molecular formula is C20H26N2O2. The molecule has 0 aromatic heterocycles. The van der Waals surface area contributed by atoms with Crippen LogP contribution < -0.4 is 5.32 Å². The minimum atomic E-state index is -0.0955. The average Bonchev–Trinajstić information content (AvgIpc) is 2.56. The molecule has 0 aliphatic carbocycles. The Morgan fingerprint density at radius 2 is 1.83 bits per heavy atom. The number of urea groups is 1. The van der Waals surface area contributed by atoms with Gasteiger partial charge in [0.05, 0.1) is 0 Å². The lowest BCUT2D eigenvalue weighted by Gasteiger charge is -2.25. The van der Waals surface area contributed by atoms with Crippen molar-refractivity contribution in [3.63, 3.8) is 0 Å². The van der Waals surface area contributed by atoms with Crippen molar-refractivity contribution in [2.45, 2.75) is 39.7 Å². The number of aromatic hydroxyl groups is 1. The van der Waals surface area contributed by atoms with Gasteiger partial charge in [-0.1, -0.05) is 24.3 Å². The first-order valence-electron chi connectivity index (χ1n) is 8.26. The zero-order valence-corrected chi connectivity index (χ0v) is 14.8. The van der Waals surface area contributed by atoms with Crippen LogP contribution in [0.25, 0.3) is 0 Å². The van der Waals surface area contributed by atoms with E-state index in [0.717, 1.165) is 35.2 Å². The number of hydrogen-bond acceptors (Lipinski definition) is 2. The summed E-state index contributed by atoms with van der Waals surface area (Å²) in [5.74, 6) is 0.275. The summed E-state index contributed by atoms with van der Waals surface area (Å²) < 4.78 is 0. The van der Waals surface area contributed by atoms with E-state index in [2.05, 4.69) is 5.32 Å². The molecule has 24 heavy (non-hydrogen) atoms. The van der Waals surface area contributed by atoms with Crippen LogP contribution in [0.1, 0.15) is 30.0 Å². The van der Waals surface area contributed by atoms with E-state index in [1.807, 2.05) is 58.2 Å². The number of nitrogens with one attached hydrogen (secondary N) is 1. The van der Waals surface area contributed by atoms with Crippen LogP contribution in [0.4, 0.5) is 10.5 Å². The van der Waals surface area contributed by atoms with E-state index < -0.39 is 0 Å². The molecule has 0 heterocycles. The summed E-state index contributed by atoms with van der Waals surface area (Å²) in [7, 11) is 1.82. The number of amides is 2. The zero-order valence-electron chi connectivity index (χ0n) is 14.8. The van der Waals surface area contributed by atoms with Crippen molar-refractivity contribution >= 4 is 11.7 Å². The van der Waals surface area contributed by atoms with E-state index in [0.29, 0.717) is 0 Å². The molecule has 0 aliphatic heterocycles. The predicted molar refractivity (Wildman–Crippen MR) is 98.6 cm³/mol. The summed E-state index contributed by atoms with van der Waals surface area (Å²) in [4.78, 5) is 14.2. The lowest BCUT2D eigenvalue weighted by Crippen LogP contribution is -2.38. The van der Waals surface area contributed by atoms with E-state index in [1.54, 1.807) is 17.0 Å². The molecule has 0 saturated carbocycles. The third-order valence-corrected chi connectivity index (χ3v) is 4.40. The van der Waals surface area contributed by atoms with Gasteiger partial charge in [-0.3, -0.25) is 0 Å². The minimum absolute atomic E-state index is 0.0955. The Bertz CT molecular complexity index is 695. The smallest absolute Gasteiger partial charge is 0.321 e. The number of hydrogen-bond donors (Lipinski definition) is 2. The fourth-order valence-corrected chi connectivity index (χ4v) is 2.51. The van der Waals surface area contributed by atoms with Gasteiger partial charge in [-0.15, -0.1) is 0 Å². The summed E-state index contributed by atoms with van der Waals surface area (Å²) in [5.41, 5.74) is 4.19. The molecule has 2 N–H and O–H groups in total. The van der Waals surface area contributed by atoms with E-state index >= 15 is 0 Å². The highest BCUT2D eigenvalue weighted by Gasteiger charge is 2.16. The fourth-order valence-electron chi connectivity index (χ4n) is 2.51. The normalized spacial score (nSPS) is 11.8. The zero-order chi connectivity index (χ0) is 17.7. The Labute approximate surface area is 144 Å². The molecule has 0 spiro atoms. The second-order valence-electron chi connectivity index (χ2n) is 6.41. The third kappa shape index (κ3) is 4.75. The van der Waals surface area contributed by atoms with Gasteiger partial charge in [-0.25, -0.2) is 4.79 Å². The van der Waals surface area contributed by atoms with Gasteiger partial charge in [0, 0.05) is 18.8 Å². The predicted octanol–water partition coefficient (Wildman–Crippen LogP) is 4.49. The molecule has 0 aliphatic rings. The summed E-state index contributed by atoms with van der Waals surface area (Å²) in [6, 6.07) is 13.3. The highest BCUT2D eigenvalue weighted by atomic mass is 16.3. The molecule has 2 aromatic carbocycles. The van der Waals surface area contributed by atoms with Crippen molar-refractivity contribution in [3.8, 4) is 5.75 Å². The number of carbonyl (C=O) groups excluding carboxylic acids is 1. The molecule has 0 saturated heterocycles. The Hall–Kier alpha value is -2.49. The first-order valence-corrected chi connectivity index (χ1v) is 8.26. The van der Waals surface area contributed by atoms with Crippen molar-refractivity contribution in [2.24, 2.45) is 0 Å². The van der Waals surface area contributed by atoms with Crippen LogP contribution >= 0.6 is 0 Å². The van der Waals surface area contributed by atoms with Crippen LogP contribution in [0, 0.1) is 13.8 Å². The first-order chi connectivity index (χ1) is 11.4. The topological polar surface area (TPSA) is 52.6 Å². The summed E-state index contributed by atoms with van der Waals surface area (Å²) in [6.45, 7) is 6.05. The van der Waals surface area contributed by atoms with E-state index in [-0.39, 0.29) is 17.8 Å². The van der Waals surface area contributed by atoms with Gasteiger partial charge >= 0.3 is 6.03 Å². The molecule has 2 amide bonds.